The molecule has 0 N–H and O–H groups in total. The van der Waals surface area contributed by atoms with Crippen LogP contribution in [0.1, 0.15) is 38.2 Å². The Kier molecular flexibility index (Phi) is 5.72. The van der Waals surface area contributed by atoms with Crippen LogP contribution in [0, 0.1) is 0 Å². The van der Waals surface area contributed by atoms with Crippen molar-refractivity contribution >= 4 is 11.8 Å². The molecule has 2 rings (SSSR count). The number of amides is 2. The van der Waals surface area contributed by atoms with Crippen LogP contribution in [-0.4, -0.2) is 46.2 Å². The Balaban J connectivity index is 1.94. The van der Waals surface area contributed by atoms with E-state index < -0.39 is 0 Å². The molecule has 0 saturated carbocycles. The van der Waals surface area contributed by atoms with Crippen LogP contribution in [-0.2, 0) is 16.1 Å². The second-order valence-corrected chi connectivity index (χ2v) is 5.39. The zero-order chi connectivity index (χ0) is 15.1. The van der Waals surface area contributed by atoms with E-state index in [-0.39, 0.29) is 18.4 Å². The molecule has 1 aromatic heterocycles. The van der Waals surface area contributed by atoms with E-state index in [0.717, 1.165) is 24.8 Å². The minimum absolute atomic E-state index is 0.0181. The van der Waals surface area contributed by atoms with Gasteiger partial charge in [0.05, 0.1) is 6.54 Å². The van der Waals surface area contributed by atoms with Crippen molar-refractivity contribution in [2.45, 2.75) is 39.2 Å². The van der Waals surface area contributed by atoms with Crippen molar-refractivity contribution in [2.75, 3.05) is 19.6 Å². The number of nitrogens with zero attached hydrogens (tertiary/aromatic N) is 3. The van der Waals surface area contributed by atoms with E-state index in [2.05, 4.69) is 4.98 Å². The highest BCUT2D eigenvalue weighted by Gasteiger charge is 2.21. The van der Waals surface area contributed by atoms with E-state index in [1.54, 1.807) is 22.2 Å². The Hall–Kier alpha value is -1.91. The number of pyridine rings is 1. The van der Waals surface area contributed by atoms with Gasteiger partial charge in [-0.05, 0) is 37.5 Å². The summed E-state index contributed by atoms with van der Waals surface area (Å²) in [7, 11) is 0. The maximum atomic E-state index is 12.4. The minimum atomic E-state index is 0.0181. The van der Waals surface area contributed by atoms with Gasteiger partial charge in [0.2, 0.25) is 11.8 Å². The highest BCUT2D eigenvalue weighted by molar-refractivity contribution is 5.85. The third-order valence-electron chi connectivity index (χ3n) is 3.85. The van der Waals surface area contributed by atoms with Gasteiger partial charge in [-0.1, -0.05) is 6.42 Å². The molecule has 1 aromatic rings. The first-order valence-electron chi connectivity index (χ1n) is 7.65. The zero-order valence-electron chi connectivity index (χ0n) is 12.6. The van der Waals surface area contributed by atoms with Gasteiger partial charge in [0.25, 0.3) is 0 Å². The molecule has 0 unspecified atom stereocenters. The summed E-state index contributed by atoms with van der Waals surface area (Å²) in [6.45, 7) is 4.08. The van der Waals surface area contributed by atoms with Crippen LogP contribution in [0.4, 0.5) is 0 Å². The molecule has 5 nitrogen and oxygen atoms in total. The van der Waals surface area contributed by atoms with Gasteiger partial charge in [0.15, 0.2) is 0 Å². The molecule has 0 aromatic carbocycles. The van der Waals surface area contributed by atoms with E-state index in [1.165, 1.54) is 0 Å². The molecule has 1 aliphatic rings. The van der Waals surface area contributed by atoms with E-state index in [1.807, 2.05) is 19.1 Å². The van der Waals surface area contributed by atoms with Gasteiger partial charge in [0, 0.05) is 38.4 Å². The smallest absolute Gasteiger partial charge is 0.242 e. The van der Waals surface area contributed by atoms with Gasteiger partial charge in [-0.15, -0.1) is 0 Å². The number of rotatable bonds is 5. The molecule has 2 heterocycles. The Morgan fingerprint density at radius 2 is 2.05 bits per heavy atom. The lowest BCUT2D eigenvalue weighted by atomic mass is 10.2. The minimum Gasteiger partial charge on any atom is -0.337 e. The topological polar surface area (TPSA) is 53.5 Å². The number of carbonyl (C=O) groups excluding carboxylic acids is 2. The number of carbonyl (C=O) groups is 2. The van der Waals surface area contributed by atoms with Crippen LogP contribution >= 0.6 is 0 Å². The number of hydrogen-bond acceptors (Lipinski definition) is 3. The molecule has 0 spiro atoms. The first-order chi connectivity index (χ1) is 10.2. The molecule has 1 aliphatic heterocycles. The van der Waals surface area contributed by atoms with Crippen molar-refractivity contribution in [1.29, 1.82) is 0 Å². The van der Waals surface area contributed by atoms with Gasteiger partial charge < -0.3 is 9.80 Å². The maximum Gasteiger partial charge on any atom is 0.242 e. The highest BCUT2D eigenvalue weighted by atomic mass is 16.2. The summed E-state index contributed by atoms with van der Waals surface area (Å²) in [5.74, 6) is 0.130. The largest absolute Gasteiger partial charge is 0.337 e. The normalized spacial score (nSPS) is 15.7. The average Bonchev–Trinajstić information content (AvgIpc) is 2.71. The molecule has 5 heteroatoms. The molecule has 1 fully saturated rings. The van der Waals surface area contributed by atoms with E-state index in [9.17, 15) is 9.59 Å². The van der Waals surface area contributed by atoms with E-state index in [4.69, 9.17) is 0 Å². The molecule has 0 atom stereocenters. The van der Waals surface area contributed by atoms with E-state index in [0.29, 0.717) is 26.1 Å². The second kappa shape index (κ2) is 7.76. The van der Waals surface area contributed by atoms with Crippen molar-refractivity contribution in [3.8, 4) is 0 Å². The van der Waals surface area contributed by atoms with Crippen LogP contribution < -0.4 is 0 Å². The molecule has 0 aliphatic carbocycles. The summed E-state index contributed by atoms with van der Waals surface area (Å²) in [5.41, 5.74) is 1.06. The molecule has 0 radical (unpaired) electrons. The molecular formula is C16H23N3O2. The first kappa shape index (κ1) is 15.5. The van der Waals surface area contributed by atoms with Gasteiger partial charge in [-0.25, -0.2) is 0 Å². The maximum absolute atomic E-state index is 12.4. The van der Waals surface area contributed by atoms with Crippen LogP contribution in [0.5, 0.6) is 0 Å². The fourth-order valence-electron chi connectivity index (χ4n) is 2.55. The van der Waals surface area contributed by atoms with E-state index >= 15 is 0 Å². The summed E-state index contributed by atoms with van der Waals surface area (Å²) < 4.78 is 0. The molecule has 2 amide bonds. The summed E-state index contributed by atoms with van der Waals surface area (Å²) in [5, 5.41) is 0. The second-order valence-electron chi connectivity index (χ2n) is 5.39. The lowest BCUT2D eigenvalue weighted by Gasteiger charge is -2.26. The van der Waals surface area contributed by atoms with Gasteiger partial charge >= 0.3 is 0 Å². The monoisotopic (exact) mass is 289 g/mol. The third kappa shape index (κ3) is 4.55. The lowest BCUT2D eigenvalue weighted by Crippen LogP contribution is -2.42. The fourth-order valence-corrected chi connectivity index (χ4v) is 2.55. The van der Waals surface area contributed by atoms with Crippen LogP contribution in [0.3, 0.4) is 0 Å². The third-order valence-corrected chi connectivity index (χ3v) is 3.85. The van der Waals surface area contributed by atoms with Gasteiger partial charge in [-0.2, -0.15) is 0 Å². The van der Waals surface area contributed by atoms with Crippen LogP contribution in [0.25, 0.3) is 0 Å². The lowest BCUT2D eigenvalue weighted by molar-refractivity contribution is -0.140. The number of hydrogen-bond donors (Lipinski definition) is 0. The first-order valence-corrected chi connectivity index (χ1v) is 7.65. The predicted octanol–water partition coefficient (Wildman–Crippen LogP) is 1.83. The Bertz CT molecular complexity index is 476. The Morgan fingerprint density at radius 3 is 2.76 bits per heavy atom. The molecule has 114 valence electrons. The van der Waals surface area contributed by atoms with Gasteiger partial charge in [-0.3, -0.25) is 14.6 Å². The zero-order valence-corrected chi connectivity index (χ0v) is 12.6. The highest BCUT2D eigenvalue weighted by Crippen LogP contribution is 2.12. The fraction of sp³-hybridized carbons (Fsp3) is 0.562. The van der Waals surface area contributed by atoms with Crippen molar-refractivity contribution in [3.63, 3.8) is 0 Å². The van der Waals surface area contributed by atoms with Gasteiger partial charge in [0.1, 0.15) is 0 Å². The Morgan fingerprint density at radius 1 is 1.29 bits per heavy atom. The molecule has 21 heavy (non-hydrogen) atoms. The quantitative estimate of drug-likeness (QED) is 0.831. The predicted molar refractivity (Wildman–Crippen MR) is 80.4 cm³/mol. The Labute approximate surface area is 126 Å². The SMILES string of the molecule is CCN(Cc1ccncc1)C(=O)CN1CCCCCC1=O. The summed E-state index contributed by atoms with van der Waals surface area (Å²) in [6, 6.07) is 3.82. The molecular weight excluding hydrogens is 266 g/mol. The van der Waals surface area contributed by atoms with Crippen molar-refractivity contribution in [3.05, 3.63) is 30.1 Å². The summed E-state index contributed by atoms with van der Waals surface area (Å²) >= 11 is 0. The molecule has 1 saturated heterocycles. The van der Waals surface area contributed by atoms with Crippen molar-refractivity contribution in [1.82, 2.24) is 14.8 Å². The number of aromatic nitrogens is 1. The number of likely N-dealkylation sites (tertiary alicyclic amines) is 1. The summed E-state index contributed by atoms with van der Waals surface area (Å²) in [4.78, 5) is 31.9. The molecule has 0 bridgehead atoms. The van der Waals surface area contributed by atoms with Crippen molar-refractivity contribution in [2.24, 2.45) is 0 Å². The number of likely N-dealkylation sites (N-methyl/N-ethyl adjacent to an activating group) is 1. The van der Waals surface area contributed by atoms with Crippen molar-refractivity contribution < 1.29 is 9.59 Å². The van der Waals surface area contributed by atoms with Crippen LogP contribution in [0.15, 0.2) is 24.5 Å². The summed E-state index contributed by atoms with van der Waals surface area (Å²) in [6.07, 6.45) is 7.04. The average molecular weight is 289 g/mol. The van der Waals surface area contributed by atoms with Crippen LogP contribution in [0.2, 0.25) is 0 Å². The standard InChI is InChI=1S/C16H23N3O2/c1-2-18(12-14-7-9-17-10-8-14)16(21)13-19-11-5-3-4-6-15(19)20/h7-10H,2-6,11-13H2,1H3.